The molecule has 0 atom stereocenters. The molecule has 3 N–H and O–H groups in total. The standard InChI is InChI=1S/C13H12F2N2O3S/c1-20-11-6-5-8(16)7-12(11)21(18,19)17-13-9(14)3-2-4-10(13)15/h2-7,17H,16H2,1H3. The van der Waals surface area contributed by atoms with Crippen molar-refractivity contribution in [1.29, 1.82) is 0 Å². The highest BCUT2D eigenvalue weighted by molar-refractivity contribution is 7.92. The molecule has 0 heterocycles. The molecule has 21 heavy (non-hydrogen) atoms. The van der Waals surface area contributed by atoms with Gasteiger partial charge in [-0.3, -0.25) is 4.72 Å². The Kier molecular flexibility index (Phi) is 3.99. The van der Waals surface area contributed by atoms with E-state index in [1.807, 2.05) is 4.72 Å². The Bertz CT molecular complexity index is 759. The zero-order valence-electron chi connectivity index (χ0n) is 10.9. The molecule has 0 aliphatic heterocycles. The van der Waals surface area contributed by atoms with Gasteiger partial charge in [0.05, 0.1) is 7.11 Å². The van der Waals surface area contributed by atoms with Crippen molar-refractivity contribution in [3.63, 3.8) is 0 Å². The Hall–Kier alpha value is -2.35. The van der Waals surface area contributed by atoms with Crippen LogP contribution >= 0.6 is 0 Å². The molecule has 0 fully saturated rings. The van der Waals surface area contributed by atoms with E-state index in [-0.39, 0.29) is 16.3 Å². The third kappa shape index (κ3) is 3.05. The van der Waals surface area contributed by atoms with Crippen LogP contribution in [0.25, 0.3) is 0 Å². The van der Waals surface area contributed by atoms with Crippen LogP contribution in [0.5, 0.6) is 5.75 Å². The van der Waals surface area contributed by atoms with Gasteiger partial charge in [-0.05, 0) is 30.3 Å². The monoisotopic (exact) mass is 314 g/mol. The Morgan fingerprint density at radius 3 is 2.33 bits per heavy atom. The van der Waals surface area contributed by atoms with Crippen LogP contribution in [0.4, 0.5) is 20.2 Å². The molecule has 2 aromatic rings. The molecule has 112 valence electrons. The first-order chi connectivity index (χ1) is 9.85. The van der Waals surface area contributed by atoms with Gasteiger partial charge in [0.15, 0.2) is 0 Å². The molecular formula is C13H12F2N2O3S. The number of nitrogen functional groups attached to an aromatic ring is 1. The lowest BCUT2D eigenvalue weighted by atomic mass is 10.3. The number of anilines is 2. The summed E-state index contributed by atoms with van der Waals surface area (Å²) in [5.74, 6) is -2.05. The van der Waals surface area contributed by atoms with Crippen LogP contribution in [-0.4, -0.2) is 15.5 Å². The van der Waals surface area contributed by atoms with Gasteiger partial charge in [-0.25, -0.2) is 17.2 Å². The average Bonchev–Trinajstić information content (AvgIpc) is 2.43. The largest absolute Gasteiger partial charge is 0.495 e. The Labute approximate surface area is 120 Å². The second-order valence-corrected chi connectivity index (χ2v) is 5.76. The molecule has 0 radical (unpaired) electrons. The van der Waals surface area contributed by atoms with Gasteiger partial charge in [-0.15, -0.1) is 0 Å². The fourth-order valence-corrected chi connectivity index (χ4v) is 2.97. The quantitative estimate of drug-likeness (QED) is 0.849. The van der Waals surface area contributed by atoms with Crippen molar-refractivity contribution >= 4 is 21.4 Å². The van der Waals surface area contributed by atoms with Crippen molar-refractivity contribution in [1.82, 2.24) is 0 Å². The number of methoxy groups -OCH3 is 1. The molecule has 5 nitrogen and oxygen atoms in total. The molecule has 0 saturated heterocycles. The Morgan fingerprint density at radius 2 is 1.76 bits per heavy atom. The minimum Gasteiger partial charge on any atom is -0.495 e. The third-order valence-corrected chi connectivity index (χ3v) is 4.05. The highest BCUT2D eigenvalue weighted by atomic mass is 32.2. The highest BCUT2D eigenvalue weighted by Gasteiger charge is 2.23. The summed E-state index contributed by atoms with van der Waals surface area (Å²) in [5, 5.41) is 0. The molecule has 0 aliphatic carbocycles. The van der Waals surface area contributed by atoms with Gasteiger partial charge in [0.2, 0.25) is 0 Å². The smallest absolute Gasteiger partial charge is 0.265 e. The van der Waals surface area contributed by atoms with Crippen LogP contribution in [0.1, 0.15) is 0 Å². The van der Waals surface area contributed by atoms with E-state index >= 15 is 0 Å². The maximum atomic E-state index is 13.5. The highest BCUT2D eigenvalue weighted by Crippen LogP contribution is 2.29. The average molecular weight is 314 g/mol. The zero-order chi connectivity index (χ0) is 15.6. The van der Waals surface area contributed by atoms with Gasteiger partial charge in [-0.2, -0.15) is 0 Å². The lowest BCUT2D eigenvalue weighted by Gasteiger charge is -2.13. The molecule has 2 rings (SSSR count). The predicted molar refractivity (Wildman–Crippen MR) is 74.6 cm³/mol. The van der Waals surface area contributed by atoms with E-state index in [0.29, 0.717) is 0 Å². The number of rotatable bonds is 4. The van der Waals surface area contributed by atoms with Crippen LogP contribution in [0.3, 0.4) is 0 Å². The molecule has 0 unspecified atom stereocenters. The van der Waals surface area contributed by atoms with Gasteiger partial charge in [0, 0.05) is 5.69 Å². The van der Waals surface area contributed by atoms with Gasteiger partial charge >= 0.3 is 0 Å². The SMILES string of the molecule is COc1ccc(N)cc1S(=O)(=O)Nc1c(F)cccc1F. The summed E-state index contributed by atoms with van der Waals surface area (Å²) < 4.78 is 58.4. The number of halogens is 2. The first kappa shape index (κ1) is 15.0. The van der Waals surface area contributed by atoms with E-state index in [4.69, 9.17) is 10.5 Å². The zero-order valence-corrected chi connectivity index (χ0v) is 11.7. The van der Waals surface area contributed by atoms with Crippen LogP contribution in [-0.2, 0) is 10.0 Å². The van der Waals surface area contributed by atoms with Crippen molar-refractivity contribution in [3.8, 4) is 5.75 Å². The number of nitrogens with two attached hydrogens (primary N) is 1. The summed E-state index contributed by atoms with van der Waals surface area (Å²) >= 11 is 0. The number of nitrogens with one attached hydrogen (secondary N) is 1. The van der Waals surface area contributed by atoms with E-state index in [2.05, 4.69) is 0 Å². The van der Waals surface area contributed by atoms with Crippen molar-refractivity contribution in [2.24, 2.45) is 0 Å². The minimum atomic E-state index is -4.26. The molecule has 0 bridgehead atoms. The van der Waals surface area contributed by atoms with Crippen molar-refractivity contribution < 1.29 is 21.9 Å². The lowest BCUT2D eigenvalue weighted by Crippen LogP contribution is -2.16. The van der Waals surface area contributed by atoms with Crippen molar-refractivity contribution in [2.45, 2.75) is 4.90 Å². The Morgan fingerprint density at radius 1 is 1.14 bits per heavy atom. The van der Waals surface area contributed by atoms with E-state index < -0.39 is 27.3 Å². The second kappa shape index (κ2) is 5.57. The minimum absolute atomic E-state index is 0.00782. The first-order valence-electron chi connectivity index (χ1n) is 5.75. The van der Waals surface area contributed by atoms with Crippen molar-refractivity contribution in [3.05, 3.63) is 48.0 Å². The van der Waals surface area contributed by atoms with Crippen LogP contribution in [0.15, 0.2) is 41.3 Å². The summed E-state index contributed by atoms with van der Waals surface area (Å²) in [6.07, 6.45) is 0. The molecule has 0 aliphatic rings. The van der Waals surface area contributed by atoms with Crippen LogP contribution in [0, 0.1) is 11.6 Å². The van der Waals surface area contributed by atoms with Crippen molar-refractivity contribution in [2.75, 3.05) is 17.6 Å². The number of para-hydroxylation sites is 1. The normalized spacial score (nSPS) is 11.2. The number of hydrogen-bond donors (Lipinski definition) is 2. The van der Waals surface area contributed by atoms with Gasteiger partial charge < -0.3 is 10.5 Å². The number of hydrogen-bond acceptors (Lipinski definition) is 4. The predicted octanol–water partition coefficient (Wildman–Crippen LogP) is 2.36. The molecular weight excluding hydrogens is 302 g/mol. The number of benzene rings is 2. The van der Waals surface area contributed by atoms with Gasteiger partial charge in [-0.1, -0.05) is 6.07 Å². The van der Waals surface area contributed by atoms with E-state index in [0.717, 1.165) is 24.3 Å². The maximum absolute atomic E-state index is 13.5. The van der Waals surface area contributed by atoms with Crippen LogP contribution < -0.4 is 15.2 Å². The third-order valence-electron chi connectivity index (χ3n) is 2.68. The summed E-state index contributed by atoms with van der Waals surface area (Å²) in [4.78, 5) is -0.312. The fourth-order valence-electron chi connectivity index (χ4n) is 1.69. The van der Waals surface area contributed by atoms with E-state index in [1.54, 1.807) is 0 Å². The van der Waals surface area contributed by atoms with Gasteiger partial charge in [0.25, 0.3) is 10.0 Å². The second-order valence-electron chi connectivity index (χ2n) is 4.11. The molecule has 0 spiro atoms. The molecule has 2 aromatic carbocycles. The molecule has 0 amide bonds. The number of sulfonamides is 1. The summed E-state index contributed by atoms with van der Waals surface area (Å²) in [6, 6.07) is 6.95. The maximum Gasteiger partial charge on any atom is 0.265 e. The summed E-state index contributed by atoms with van der Waals surface area (Å²) in [7, 11) is -2.99. The van der Waals surface area contributed by atoms with E-state index in [1.165, 1.54) is 19.2 Å². The molecule has 0 aromatic heterocycles. The number of ether oxygens (including phenoxy) is 1. The molecule has 0 saturated carbocycles. The summed E-state index contributed by atoms with van der Waals surface area (Å²) in [5.41, 5.74) is 4.95. The Balaban J connectivity index is 2.51. The fraction of sp³-hybridized carbons (Fsp3) is 0.0769. The van der Waals surface area contributed by atoms with Crippen LogP contribution in [0.2, 0.25) is 0 Å². The van der Waals surface area contributed by atoms with E-state index in [9.17, 15) is 17.2 Å². The van der Waals surface area contributed by atoms with Gasteiger partial charge in [0.1, 0.15) is 28.0 Å². The summed E-state index contributed by atoms with van der Waals surface area (Å²) in [6.45, 7) is 0. The topological polar surface area (TPSA) is 81.4 Å². The molecule has 8 heteroatoms. The first-order valence-corrected chi connectivity index (χ1v) is 7.24. The lowest BCUT2D eigenvalue weighted by molar-refractivity contribution is 0.403.